The van der Waals surface area contributed by atoms with E-state index in [1.54, 1.807) is 17.7 Å². The maximum atomic E-state index is 11.9. The second-order valence-corrected chi connectivity index (χ2v) is 10.4. The number of pyridine rings is 1. The predicted octanol–water partition coefficient (Wildman–Crippen LogP) is 2.65. The highest BCUT2D eigenvalue weighted by atomic mass is 16.5. The molecule has 4 aliphatic rings. The van der Waals surface area contributed by atoms with E-state index in [0.717, 1.165) is 47.4 Å². The first-order valence-electron chi connectivity index (χ1n) is 11.7. The molecule has 3 aromatic heterocycles. The van der Waals surface area contributed by atoms with Crippen LogP contribution in [0.4, 0.5) is 5.95 Å². The fourth-order valence-electron chi connectivity index (χ4n) is 5.87. The van der Waals surface area contributed by atoms with Crippen LogP contribution in [0.3, 0.4) is 0 Å². The maximum Gasteiger partial charge on any atom is 0.250 e. The molecule has 4 fully saturated rings. The van der Waals surface area contributed by atoms with Crippen LogP contribution >= 0.6 is 0 Å². The molecule has 2 atom stereocenters. The van der Waals surface area contributed by atoms with Gasteiger partial charge in [-0.2, -0.15) is 10.2 Å². The number of ether oxygens (including phenoxy) is 1. The molecule has 34 heavy (non-hydrogen) atoms. The Hall–Kier alpha value is -3.38. The normalized spacial score (nSPS) is 29.9. The molecule has 7 rings (SSSR count). The summed E-state index contributed by atoms with van der Waals surface area (Å²) in [6, 6.07) is 5.89. The maximum absolute atomic E-state index is 11.9. The fraction of sp³-hybridized carbons (Fsp3) is 0.520. The second-order valence-electron chi connectivity index (χ2n) is 10.4. The highest BCUT2D eigenvalue weighted by Crippen LogP contribution is 2.73. The first-order valence-corrected chi connectivity index (χ1v) is 11.7. The van der Waals surface area contributed by atoms with Crippen molar-refractivity contribution in [3.05, 3.63) is 51.3 Å². The van der Waals surface area contributed by atoms with E-state index in [-0.39, 0.29) is 28.6 Å². The van der Waals surface area contributed by atoms with Crippen molar-refractivity contribution in [1.82, 2.24) is 24.5 Å². The number of hydrogen-bond acceptors (Lipinski definition) is 8. The highest BCUT2D eigenvalue weighted by Gasteiger charge is 2.70. The Kier molecular flexibility index (Phi) is 4.40. The predicted molar refractivity (Wildman–Crippen MR) is 125 cm³/mol. The van der Waals surface area contributed by atoms with Gasteiger partial charge >= 0.3 is 0 Å². The van der Waals surface area contributed by atoms with Crippen molar-refractivity contribution in [3.8, 4) is 6.07 Å². The molecule has 9 heteroatoms. The van der Waals surface area contributed by atoms with Gasteiger partial charge in [0.1, 0.15) is 11.6 Å². The zero-order chi connectivity index (χ0) is 23.8. The van der Waals surface area contributed by atoms with Gasteiger partial charge in [-0.1, -0.05) is 0 Å². The van der Waals surface area contributed by atoms with Crippen molar-refractivity contribution < 1.29 is 4.74 Å². The standard InChI is InChI=1S/C25H27N7O2/c1-14-7-32(9-18(34-14)17-5-6-19(33)31(4)8-17)23-29-21(25-10-24(11-25,12-25)13-26)20-22(30-23)28-16(3)15(2)27-20/h5-6,8,14,18H,7,9-12H2,1-4H3/t14-,18-,24?,25?/m1/s1. The smallest absolute Gasteiger partial charge is 0.250 e. The zero-order valence-corrected chi connectivity index (χ0v) is 19.9. The average Bonchev–Trinajstić information content (AvgIpc) is 2.74. The first kappa shape index (κ1) is 21.2. The molecule has 4 heterocycles. The number of aryl methyl sites for hydroxylation is 3. The third-order valence-corrected chi connectivity index (χ3v) is 7.72. The van der Waals surface area contributed by atoms with E-state index in [0.29, 0.717) is 24.7 Å². The van der Waals surface area contributed by atoms with E-state index in [1.807, 2.05) is 33.0 Å². The Morgan fingerprint density at radius 2 is 1.82 bits per heavy atom. The highest BCUT2D eigenvalue weighted by molar-refractivity contribution is 5.77. The number of nitriles is 1. The lowest BCUT2D eigenvalue weighted by Gasteiger charge is -2.66. The van der Waals surface area contributed by atoms with E-state index >= 15 is 0 Å². The number of rotatable bonds is 3. The van der Waals surface area contributed by atoms with Crippen molar-refractivity contribution in [2.75, 3.05) is 18.0 Å². The van der Waals surface area contributed by atoms with E-state index in [4.69, 9.17) is 24.7 Å². The largest absolute Gasteiger partial charge is 0.367 e. The number of morpholine rings is 1. The molecule has 9 nitrogen and oxygen atoms in total. The van der Waals surface area contributed by atoms with Crippen LogP contribution in [-0.2, 0) is 17.2 Å². The van der Waals surface area contributed by atoms with Crippen molar-refractivity contribution >= 4 is 17.1 Å². The number of anilines is 1. The number of nitrogens with zero attached hydrogens (tertiary/aromatic N) is 7. The van der Waals surface area contributed by atoms with Gasteiger partial charge in [-0.05, 0) is 51.7 Å². The van der Waals surface area contributed by atoms with Gasteiger partial charge in [0.15, 0.2) is 5.65 Å². The Bertz CT molecular complexity index is 1420. The topological polar surface area (TPSA) is 110 Å². The summed E-state index contributed by atoms with van der Waals surface area (Å²) in [4.78, 5) is 33.5. The zero-order valence-electron chi connectivity index (χ0n) is 19.9. The Balaban J connectivity index is 1.42. The molecule has 3 saturated carbocycles. The Morgan fingerprint density at radius 3 is 2.53 bits per heavy atom. The molecule has 0 radical (unpaired) electrons. The van der Waals surface area contributed by atoms with Gasteiger partial charge in [0.2, 0.25) is 11.5 Å². The van der Waals surface area contributed by atoms with Crippen LogP contribution in [0.15, 0.2) is 23.1 Å². The van der Waals surface area contributed by atoms with E-state index in [1.165, 1.54) is 0 Å². The molecule has 2 bridgehead atoms. The second kappa shape index (κ2) is 7.06. The lowest BCUT2D eigenvalue weighted by Crippen LogP contribution is -2.64. The summed E-state index contributed by atoms with van der Waals surface area (Å²) in [5.41, 5.74) is 4.63. The molecular formula is C25H27N7O2. The summed E-state index contributed by atoms with van der Waals surface area (Å²) in [5.74, 6) is 0.626. The summed E-state index contributed by atoms with van der Waals surface area (Å²) in [6.45, 7) is 7.16. The number of hydrogen-bond donors (Lipinski definition) is 0. The molecule has 0 N–H and O–H groups in total. The van der Waals surface area contributed by atoms with Crippen LogP contribution in [0.5, 0.6) is 0 Å². The quantitative estimate of drug-likeness (QED) is 0.590. The van der Waals surface area contributed by atoms with Crippen LogP contribution in [0, 0.1) is 30.6 Å². The van der Waals surface area contributed by atoms with Gasteiger partial charge in [-0.25, -0.2) is 15.0 Å². The van der Waals surface area contributed by atoms with E-state index in [9.17, 15) is 10.1 Å². The molecule has 1 aliphatic heterocycles. The molecule has 0 amide bonds. The van der Waals surface area contributed by atoms with Crippen LogP contribution in [0.25, 0.3) is 11.2 Å². The van der Waals surface area contributed by atoms with Crippen LogP contribution in [-0.4, -0.2) is 43.7 Å². The fourth-order valence-corrected chi connectivity index (χ4v) is 5.87. The summed E-state index contributed by atoms with van der Waals surface area (Å²) in [7, 11) is 1.75. The van der Waals surface area contributed by atoms with Gasteiger partial charge in [0.25, 0.3) is 0 Å². The monoisotopic (exact) mass is 457 g/mol. The summed E-state index contributed by atoms with van der Waals surface area (Å²) in [5, 5.41) is 9.55. The third-order valence-electron chi connectivity index (χ3n) is 7.72. The van der Waals surface area contributed by atoms with Crippen molar-refractivity contribution in [2.24, 2.45) is 12.5 Å². The van der Waals surface area contributed by atoms with Crippen molar-refractivity contribution in [3.63, 3.8) is 0 Å². The molecule has 3 aliphatic carbocycles. The molecule has 3 aromatic rings. The van der Waals surface area contributed by atoms with Crippen molar-refractivity contribution in [2.45, 2.75) is 57.7 Å². The van der Waals surface area contributed by atoms with Gasteiger partial charge in [-0.3, -0.25) is 4.79 Å². The SMILES string of the molecule is Cc1nc2nc(N3C[C@@H](C)O[C@@H](c4ccc(=O)n(C)c4)C3)nc(C34CC(C#N)(C3)C4)c2nc1C. The molecule has 0 aromatic carbocycles. The first-order chi connectivity index (χ1) is 16.2. The van der Waals surface area contributed by atoms with E-state index < -0.39 is 0 Å². The van der Waals surface area contributed by atoms with Crippen LogP contribution in [0.2, 0.25) is 0 Å². The van der Waals surface area contributed by atoms with Crippen molar-refractivity contribution in [1.29, 1.82) is 5.26 Å². The van der Waals surface area contributed by atoms with E-state index in [2.05, 4.69) is 11.0 Å². The third kappa shape index (κ3) is 3.05. The van der Waals surface area contributed by atoms with Crippen LogP contribution in [0.1, 0.15) is 54.9 Å². The van der Waals surface area contributed by atoms with Gasteiger partial charge < -0.3 is 14.2 Å². The molecule has 174 valence electrons. The minimum absolute atomic E-state index is 0.0404. The minimum atomic E-state index is -0.207. The van der Waals surface area contributed by atoms with Gasteiger partial charge in [-0.15, -0.1) is 0 Å². The molecular weight excluding hydrogens is 430 g/mol. The summed E-state index contributed by atoms with van der Waals surface area (Å²) < 4.78 is 7.80. The number of fused-ring (bicyclic) bond motifs is 1. The molecule has 0 spiro atoms. The van der Waals surface area contributed by atoms with Crippen LogP contribution < -0.4 is 10.5 Å². The lowest BCUT2D eigenvalue weighted by atomic mass is 9.34. The summed E-state index contributed by atoms with van der Waals surface area (Å²) in [6.07, 6.45) is 4.07. The van der Waals surface area contributed by atoms with Gasteiger partial charge in [0, 0.05) is 31.3 Å². The summed E-state index contributed by atoms with van der Waals surface area (Å²) >= 11 is 0. The Labute approximate surface area is 197 Å². The minimum Gasteiger partial charge on any atom is -0.367 e. The Morgan fingerprint density at radius 1 is 1.09 bits per heavy atom. The molecule has 1 saturated heterocycles. The number of aromatic nitrogens is 5. The molecule has 0 unspecified atom stereocenters. The lowest BCUT2D eigenvalue weighted by molar-refractivity contribution is -0.0947. The average molecular weight is 458 g/mol. The van der Waals surface area contributed by atoms with Gasteiger partial charge in [0.05, 0.1) is 41.2 Å².